The Morgan fingerprint density at radius 2 is 1.35 bits per heavy atom. The molecule has 3 heteroatoms. The maximum Gasteiger partial charge on any atom is 0.0965 e. The number of benzene rings is 3. The van der Waals surface area contributed by atoms with Crippen molar-refractivity contribution in [2.75, 3.05) is 0 Å². The summed E-state index contributed by atoms with van der Waals surface area (Å²) in [5.41, 5.74) is 3.93. The van der Waals surface area contributed by atoms with Crippen LogP contribution in [0.1, 0.15) is 16.7 Å². The monoisotopic (exact) mass is 354 g/mol. The second-order valence-electron chi connectivity index (χ2n) is 6.72. The van der Waals surface area contributed by atoms with Crippen molar-refractivity contribution >= 4 is 14.7 Å². The third-order valence-electron chi connectivity index (χ3n) is 5.03. The van der Waals surface area contributed by atoms with Crippen LogP contribution < -0.4 is 5.19 Å². The highest BCUT2D eigenvalue weighted by Crippen LogP contribution is 2.33. The summed E-state index contributed by atoms with van der Waals surface area (Å²) >= 11 is 0. The summed E-state index contributed by atoms with van der Waals surface area (Å²) < 4.78 is 2.30. The lowest BCUT2D eigenvalue weighted by atomic mass is 9.97. The third-order valence-corrected chi connectivity index (χ3v) is 7.60. The van der Waals surface area contributed by atoms with E-state index < -0.39 is 9.52 Å². The van der Waals surface area contributed by atoms with E-state index in [9.17, 15) is 0 Å². The molecule has 0 radical (unpaired) electrons. The van der Waals surface area contributed by atoms with E-state index in [-0.39, 0.29) is 5.16 Å². The lowest BCUT2D eigenvalue weighted by molar-refractivity contribution is 0.596. The minimum absolute atomic E-state index is 0.200. The largest absolute Gasteiger partial charge is 0.326 e. The summed E-state index contributed by atoms with van der Waals surface area (Å²) in [6.07, 6.45) is 5.94. The molecule has 4 aromatic rings. The maximum absolute atomic E-state index is 4.38. The van der Waals surface area contributed by atoms with Crippen molar-refractivity contribution in [2.45, 2.75) is 12.1 Å². The second kappa shape index (κ2) is 7.14. The van der Waals surface area contributed by atoms with E-state index in [2.05, 4.69) is 108 Å². The van der Waals surface area contributed by atoms with Crippen LogP contribution in [0.5, 0.6) is 0 Å². The zero-order chi connectivity index (χ0) is 17.8. The van der Waals surface area contributed by atoms with Gasteiger partial charge in [-0.05, 0) is 18.1 Å². The van der Waals surface area contributed by atoms with Crippen LogP contribution in [0.4, 0.5) is 0 Å². The van der Waals surface area contributed by atoms with E-state index in [0.29, 0.717) is 0 Å². The van der Waals surface area contributed by atoms with E-state index >= 15 is 0 Å². The Balaban J connectivity index is 1.96. The summed E-state index contributed by atoms with van der Waals surface area (Å²) in [5, 5.41) is 1.24. The Bertz CT molecular complexity index is 907. The molecule has 0 saturated carbocycles. The number of imidazole rings is 1. The van der Waals surface area contributed by atoms with Crippen molar-refractivity contribution in [3.63, 3.8) is 0 Å². The van der Waals surface area contributed by atoms with Gasteiger partial charge in [-0.25, -0.2) is 4.98 Å². The van der Waals surface area contributed by atoms with Crippen molar-refractivity contribution in [1.29, 1.82) is 0 Å². The molecule has 0 fully saturated rings. The normalized spacial score (nSPS) is 11.9. The maximum atomic E-state index is 4.38. The first kappa shape index (κ1) is 16.5. The molecular weight excluding hydrogens is 332 g/mol. The molecule has 128 valence electrons. The Morgan fingerprint density at radius 1 is 0.769 bits per heavy atom. The lowest BCUT2D eigenvalue weighted by Gasteiger charge is -2.37. The van der Waals surface area contributed by atoms with Crippen LogP contribution in [-0.4, -0.2) is 19.1 Å². The molecule has 0 spiro atoms. The molecule has 0 bridgehead atoms. The number of nitrogens with zero attached hydrogens (tertiary/aromatic N) is 2. The molecule has 4 rings (SSSR count). The summed E-state index contributed by atoms with van der Waals surface area (Å²) in [6, 6.07) is 30.7. The van der Waals surface area contributed by atoms with Crippen molar-refractivity contribution in [1.82, 2.24) is 9.55 Å². The third kappa shape index (κ3) is 3.02. The molecule has 0 atom stereocenters. The van der Waals surface area contributed by atoms with Crippen molar-refractivity contribution in [3.8, 4) is 0 Å². The first-order valence-corrected chi connectivity index (χ1v) is 10.4. The van der Waals surface area contributed by atoms with E-state index in [1.807, 2.05) is 12.5 Å². The minimum Gasteiger partial charge on any atom is -0.326 e. The Kier molecular flexibility index (Phi) is 4.55. The first-order chi connectivity index (χ1) is 12.8. The second-order valence-corrected chi connectivity index (χ2v) is 8.92. The SMILES string of the molecule is Cc1ccc([SiH2]C(c2ccccc2)(c2ccccc2)n2ccnc2)cc1. The highest BCUT2D eigenvalue weighted by molar-refractivity contribution is 6.57. The van der Waals surface area contributed by atoms with E-state index in [4.69, 9.17) is 0 Å². The Labute approximate surface area is 157 Å². The van der Waals surface area contributed by atoms with Crippen LogP contribution in [0.3, 0.4) is 0 Å². The van der Waals surface area contributed by atoms with Gasteiger partial charge in [-0.15, -0.1) is 0 Å². The molecule has 0 aliphatic carbocycles. The zero-order valence-corrected chi connectivity index (χ0v) is 16.3. The molecule has 2 nitrogen and oxygen atoms in total. The van der Waals surface area contributed by atoms with Crippen molar-refractivity contribution in [2.24, 2.45) is 0 Å². The molecule has 26 heavy (non-hydrogen) atoms. The lowest BCUT2D eigenvalue weighted by Crippen LogP contribution is -2.46. The van der Waals surface area contributed by atoms with Gasteiger partial charge in [-0.2, -0.15) is 0 Å². The Morgan fingerprint density at radius 3 is 1.85 bits per heavy atom. The predicted molar refractivity (Wildman–Crippen MR) is 111 cm³/mol. The van der Waals surface area contributed by atoms with Gasteiger partial charge in [0.25, 0.3) is 0 Å². The van der Waals surface area contributed by atoms with Crippen LogP contribution in [0, 0.1) is 6.92 Å². The molecule has 1 heterocycles. The molecule has 0 aliphatic heterocycles. The molecule has 0 unspecified atom stereocenters. The molecule has 1 aromatic heterocycles. The average molecular weight is 355 g/mol. The van der Waals surface area contributed by atoms with Gasteiger partial charge < -0.3 is 4.57 Å². The van der Waals surface area contributed by atoms with Gasteiger partial charge in [0.15, 0.2) is 0 Å². The smallest absolute Gasteiger partial charge is 0.0965 e. The molecule has 0 N–H and O–H groups in total. The van der Waals surface area contributed by atoms with Gasteiger partial charge in [-0.3, -0.25) is 0 Å². The van der Waals surface area contributed by atoms with Gasteiger partial charge in [0.2, 0.25) is 0 Å². The van der Waals surface area contributed by atoms with Gasteiger partial charge in [0.05, 0.1) is 21.0 Å². The van der Waals surface area contributed by atoms with Crippen LogP contribution in [0.2, 0.25) is 0 Å². The van der Waals surface area contributed by atoms with E-state index in [1.54, 1.807) is 0 Å². The number of aryl methyl sites for hydroxylation is 1. The van der Waals surface area contributed by atoms with Crippen LogP contribution in [0.25, 0.3) is 0 Å². The highest BCUT2D eigenvalue weighted by Gasteiger charge is 2.36. The molecule has 0 saturated heterocycles. The van der Waals surface area contributed by atoms with Gasteiger partial charge in [0, 0.05) is 12.4 Å². The van der Waals surface area contributed by atoms with Crippen LogP contribution in [-0.2, 0) is 5.16 Å². The average Bonchev–Trinajstić information content (AvgIpc) is 3.24. The van der Waals surface area contributed by atoms with Gasteiger partial charge in [-0.1, -0.05) is 95.7 Å². The standard InChI is InChI=1S/C23H22N2Si/c1-19-12-14-22(15-13-19)26-23(25-17-16-24-18-25,20-8-4-2-5-9-20)21-10-6-3-7-11-21/h2-18H,26H2,1H3. The first-order valence-electron chi connectivity index (χ1n) is 8.94. The van der Waals surface area contributed by atoms with Crippen LogP contribution in [0.15, 0.2) is 104 Å². The fraction of sp³-hybridized carbons (Fsp3) is 0.0870. The number of hydrogen-bond donors (Lipinski definition) is 0. The quantitative estimate of drug-likeness (QED) is 0.502. The summed E-state index contributed by atoms with van der Waals surface area (Å²) in [6.45, 7) is 2.14. The van der Waals surface area contributed by atoms with E-state index in [0.717, 1.165) is 0 Å². The van der Waals surface area contributed by atoms with Gasteiger partial charge >= 0.3 is 0 Å². The Hall–Kier alpha value is -2.91. The van der Waals surface area contributed by atoms with Crippen LogP contribution >= 0.6 is 0 Å². The summed E-state index contributed by atoms with van der Waals surface area (Å²) in [7, 11) is -0.763. The molecule has 0 aliphatic rings. The fourth-order valence-corrected chi connectivity index (χ4v) is 5.99. The van der Waals surface area contributed by atoms with Crippen molar-refractivity contribution < 1.29 is 0 Å². The molecule has 3 aromatic carbocycles. The molecular formula is C23H22N2Si. The number of aromatic nitrogens is 2. The minimum atomic E-state index is -0.763. The summed E-state index contributed by atoms with van der Waals surface area (Å²) in [5.74, 6) is 0. The fourth-order valence-electron chi connectivity index (χ4n) is 3.67. The summed E-state index contributed by atoms with van der Waals surface area (Å²) in [4.78, 5) is 4.38. The zero-order valence-electron chi connectivity index (χ0n) is 14.9. The molecule has 0 amide bonds. The highest BCUT2D eigenvalue weighted by atomic mass is 28.2. The van der Waals surface area contributed by atoms with Crippen molar-refractivity contribution in [3.05, 3.63) is 120 Å². The van der Waals surface area contributed by atoms with E-state index in [1.165, 1.54) is 21.9 Å². The van der Waals surface area contributed by atoms with Gasteiger partial charge in [0.1, 0.15) is 0 Å². The predicted octanol–water partition coefficient (Wildman–Crippen LogP) is 3.44. The number of hydrogen-bond acceptors (Lipinski definition) is 1. The topological polar surface area (TPSA) is 17.8 Å². The number of rotatable bonds is 5.